The molecule has 318 valence electrons. The molecule has 0 aliphatic carbocycles. The minimum Gasteiger partial charge on any atom is -0.309 e. The van der Waals surface area contributed by atoms with Gasteiger partial charge in [-0.2, -0.15) is 0 Å². The van der Waals surface area contributed by atoms with Gasteiger partial charge in [0.1, 0.15) is 0 Å². The number of para-hydroxylation sites is 2. The van der Waals surface area contributed by atoms with Gasteiger partial charge in [-0.1, -0.05) is 119 Å². The minimum absolute atomic E-state index is 0.715. The van der Waals surface area contributed by atoms with Crippen LogP contribution in [0.3, 0.4) is 0 Å². The molecular formula is C62H45N5. The fourth-order valence-electron chi connectivity index (χ4n) is 10.5. The second-order valence-corrected chi connectivity index (χ2v) is 18.2. The highest BCUT2D eigenvalue weighted by atomic mass is 15.0. The van der Waals surface area contributed by atoms with E-state index in [0.29, 0.717) is 5.82 Å². The Morgan fingerprint density at radius 3 is 1.21 bits per heavy atom. The lowest BCUT2D eigenvalue weighted by atomic mass is 10.0. The Kier molecular flexibility index (Phi) is 8.71. The summed E-state index contributed by atoms with van der Waals surface area (Å²) in [6, 6.07) is 73.1. The van der Waals surface area contributed by atoms with E-state index in [-0.39, 0.29) is 0 Å². The summed E-state index contributed by atoms with van der Waals surface area (Å²) in [5, 5.41) is 7.43. The SMILES string of the molecule is Cc1cccc(-c2cc(-c3ccc(-n4c5ccc(-n6c7ccccc7c7ccccc76)cc5c5cc(-n6c7ccc(C)cc7c7cc(C)ccc76)ccc54)cc3)nc(-c3cccc(C)c3)n2)c1. The van der Waals surface area contributed by atoms with E-state index < -0.39 is 0 Å². The van der Waals surface area contributed by atoms with E-state index in [1.807, 2.05) is 0 Å². The Morgan fingerprint density at radius 2 is 0.672 bits per heavy atom. The summed E-state index contributed by atoms with van der Waals surface area (Å²) in [5.41, 5.74) is 20.2. The lowest BCUT2D eigenvalue weighted by Gasteiger charge is -2.13. The molecule has 5 heteroatoms. The van der Waals surface area contributed by atoms with Crippen LogP contribution in [-0.4, -0.2) is 23.7 Å². The van der Waals surface area contributed by atoms with E-state index in [9.17, 15) is 0 Å². The van der Waals surface area contributed by atoms with E-state index in [4.69, 9.17) is 9.97 Å². The van der Waals surface area contributed by atoms with Crippen molar-refractivity contribution in [3.8, 4) is 51.0 Å². The van der Waals surface area contributed by atoms with Gasteiger partial charge >= 0.3 is 0 Å². The van der Waals surface area contributed by atoms with Crippen molar-refractivity contribution in [2.45, 2.75) is 27.7 Å². The van der Waals surface area contributed by atoms with Crippen LogP contribution in [0.1, 0.15) is 22.3 Å². The molecule has 0 saturated carbocycles. The van der Waals surface area contributed by atoms with Crippen LogP contribution in [0, 0.1) is 27.7 Å². The zero-order valence-corrected chi connectivity index (χ0v) is 37.8. The molecule has 4 aromatic heterocycles. The Morgan fingerprint density at radius 1 is 0.269 bits per heavy atom. The average molecular weight is 860 g/mol. The maximum Gasteiger partial charge on any atom is 0.160 e. The predicted octanol–water partition coefficient (Wildman–Crippen LogP) is 16.0. The molecule has 0 atom stereocenters. The smallest absolute Gasteiger partial charge is 0.160 e. The topological polar surface area (TPSA) is 40.6 Å². The van der Waals surface area contributed by atoms with Crippen molar-refractivity contribution >= 4 is 65.4 Å². The first-order valence-electron chi connectivity index (χ1n) is 23.1. The van der Waals surface area contributed by atoms with Crippen LogP contribution in [0.15, 0.2) is 200 Å². The van der Waals surface area contributed by atoms with Crippen molar-refractivity contribution in [3.05, 3.63) is 222 Å². The Bertz CT molecular complexity index is 3970. The van der Waals surface area contributed by atoms with Crippen molar-refractivity contribution < 1.29 is 0 Å². The third-order valence-corrected chi connectivity index (χ3v) is 13.6. The van der Waals surface area contributed by atoms with Gasteiger partial charge in [-0.3, -0.25) is 0 Å². The summed E-state index contributed by atoms with van der Waals surface area (Å²) in [4.78, 5) is 10.3. The Balaban J connectivity index is 1.02. The maximum atomic E-state index is 5.20. The highest BCUT2D eigenvalue weighted by Gasteiger charge is 2.20. The van der Waals surface area contributed by atoms with Crippen LogP contribution < -0.4 is 0 Å². The van der Waals surface area contributed by atoms with Crippen molar-refractivity contribution in [1.82, 2.24) is 23.7 Å². The highest BCUT2D eigenvalue weighted by Crippen LogP contribution is 2.40. The number of rotatable bonds is 6. The Hall–Kier alpha value is -8.54. The number of fused-ring (bicyclic) bond motifs is 9. The lowest BCUT2D eigenvalue weighted by Crippen LogP contribution is -1.98. The van der Waals surface area contributed by atoms with Gasteiger partial charge in [0, 0.05) is 66.1 Å². The molecule has 0 bridgehead atoms. The fraction of sp³-hybridized carbons (Fsp3) is 0.0645. The molecule has 0 fully saturated rings. The van der Waals surface area contributed by atoms with Crippen LogP contribution in [0.4, 0.5) is 0 Å². The number of aryl methyl sites for hydroxylation is 4. The molecule has 67 heavy (non-hydrogen) atoms. The molecule has 0 saturated heterocycles. The molecule has 4 heterocycles. The third kappa shape index (κ3) is 6.30. The van der Waals surface area contributed by atoms with Gasteiger partial charge in [0.25, 0.3) is 0 Å². The zero-order valence-electron chi connectivity index (χ0n) is 37.8. The number of benzene rings is 9. The van der Waals surface area contributed by atoms with E-state index in [2.05, 4.69) is 242 Å². The third-order valence-electron chi connectivity index (χ3n) is 13.6. The molecule has 0 spiro atoms. The predicted molar refractivity (Wildman–Crippen MR) is 280 cm³/mol. The second kappa shape index (κ2) is 15.0. The van der Waals surface area contributed by atoms with Gasteiger partial charge in [-0.15, -0.1) is 0 Å². The molecule has 13 rings (SSSR count). The Labute approximate surface area is 388 Å². The van der Waals surface area contributed by atoms with Gasteiger partial charge in [0.2, 0.25) is 0 Å². The standard InChI is InChI=1S/C62H45N5/c1-38-11-9-13-43(31-38)55-37-54(63-62(64-55)44-14-10-12-39(2)32-44)42-21-23-45(24-22-42)65-60-29-25-46(66-56-17-7-5-15-48(56)49-16-6-8-18-57(49)66)35-52(60)53-36-47(26-30-61(53)65)67-58-27-19-40(3)33-50(58)51-34-41(4)20-28-59(51)67/h5-37H,1-4H3. The molecule has 0 aliphatic heterocycles. The molecule has 0 amide bonds. The molecule has 9 aromatic carbocycles. The highest BCUT2D eigenvalue weighted by molar-refractivity contribution is 6.14. The number of nitrogens with zero attached hydrogens (tertiary/aromatic N) is 5. The monoisotopic (exact) mass is 859 g/mol. The molecule has 5 nitrogen and oxygen atoms in total. The van der Waals surface area contributed by atoms with Crippen molar-refractivity contribution in [2.75, 3.05) is 0 Å². The molecule has 0 radical (unpaired) electrons. The first-order valence-corrected chi connectivity index (χ1v) is 23.1. The second-order valence-electron chi connectivity index (χ2n) is 18.2. The van der Waals surface area contributed by atoms with Crippen LogP contribution in [0.25, 0.3) is 116 Å². The van der Waals surface area contributed by atoms with Crippen LogP contribution in [0.2, 0.25) is 0 Å². The van der Waals surface area contributed by atoms with Crippen molar-refractivity contribution in [2.24, 2.45) is 0 Å². The summed E-state index contributed by atoms with van der Waals surface area (Å²) >= 11 is 0. The number of hydrogen-bond donors (Lipinski definition) is 0. The first-order chi connectivity index (χ1) is 32.8. The van der Waals surface area contributed by atoms with Gasteiger partial charge in [-0.25, -0.2) is 9.97 Å². The van der Waals surface area contributed by atoms with Crippen LogP contribution >= 0.6 is 0 Å². The molecule has 0 aliphatic rings. The maximum absolute atomic E-state index is 5.20. The van der Waals surface area contributed by atoms with E-state index in [0.717, 1.165) is 56.2 Å². The average Bonchev–Trinajstić information content (AvgIpc) is 3.98. The number of aromatic nitrogens is 5. The summed E-state index contributed by atoms with van der Waals surface area (Å²) in [6.07, 6.45) is 0. The normalized spacial score (nSPS) is 11.9. The summed E-state index contributed by atoms with van der Waals surface area (Å²) in [5.74, 6) is 0.715. The van der Waals surface area contributed by atoms with E-state index in [1.165, 1.54) is 76.6 Å². The first kappa shape index (κ1) is 38.9. The summed E-state index contributed by atoms with van der Waals surface area (Å²) in [6.45, 7) is 8.60. The zero-order chi connectivity index (χ0) is 44.9. The summed E-state index contributed by atoms with van der Waals surface area (Å²) < 4.78 is 7.28. The van der Waals surface area contributed by atoms with Gasteiger partial charge < -0.3 is 13.7 Å². The van der Waals surface area contributed by atoms with Crippen molar-refractivity contribution in [3.63, 3.8) is 0 Å². The van der Waals surface area contributed by atoms with Gasteiger partial charge in [-0.05, 0) is 131 Å². The van der Waals surface area contributed by atoms with Crippen LogP contribution in [-0.2, 0) is 0 Å². The fourth-order valence-corrected chi connectivity index (χ4v) is 10.5. The lowest BCUT2D eigenvalue weighted by molar-refractivity contribution is 1.15. The number of hydrogen-bond acceptors (Lipinski definition) is 2. The largest absolute Gasteiger partial charge is 0.309 e. The van der Waals surface area contributed by atoms with E-state index >= 15 is 0 Å². The molecular weight excluding hydrogens is 815 g/mol. The van der Waals surface area contributed by atoms with Gasteiger partial charge in [0.15, 0.2) is 5.82 Å². The van der Waals surface area contributed by atoms with Crippen molar-refractivity contribution in [1.29, 1.82) is 0 Å². The van der Waals surface area contributed by atoms with E-state index in [1.54, 1.807) is 0 Å². The molecule has 0 N–H and O–H groups in total. The minimum atomic E-state index is 0.715. The van der Waals surface area contributed by atoms with Crippen LogP contribution in [0.5, 0.6) is 0 Å². The molecule has 0 unspecified atom stereocenters. The van der Waals surface area contributed by atoms with Gasteiger partial charge in [0.05, 0.1) is 44.5 Å². The summed E-state index contributed by atoms with van der Waals surface area (Å²) in [7, 11) is 0. The molecule has 13 aromatic rings. The quantitative estimate of drug-likeness (QED) is 0.167.